The van der Waals surface area contributed by atoms with Crippen LogP contribution in [-0.4, -0.2) is 59.2 Å². The Morgan fingerprint density at radius 1 is 1.60 bits per heavy atom. The molecule has 1 aliphatic heterocycles. The van der Waals surface area contributed by atoms with Crippen LogP contribution in [0.25, 0.3) is 0 Å². The van der Waals surface area contributed by atoms with E-state index in [9.17, 15) is 9.59 Å². The Balaban J connectivity index is 1.91. The second kappa shape index (κ2) is 6.38. The summed E-state index contributed by atoms with van der Waals surface area (Å²) in [5.41, 5.74) is 5.85. The molecule has 0 spiro atoms. The minimum Gasteiger partial charge on any atom is -0.453 e. The fourth-order valence-electron chi connectivity index (χ4n) is 2.19. The Kier molecular flexibility index (Phi) is 4.57. The minimum absolute atomic E-state index is 0.0717. The van der Waals surface area contributed by atoms with E-state index in [0.717, 1.165) is 0 Å². The maximum Gasteiger partial charge on any atom is 0.407 e. The van der Waals surface area contributed by atoms with Gasteiger partial charge in [-0.15, -0.1) is 0 Å². The van der Waals surface area contributed by atoms with Gasteiger partial charge >= 0.3 is 6.09 Å². The van der Waals surface area contributed by atoms with E-state index in [-0.39, 0.29) is 11.9 Å². The number of nitrogens with zero attached hydrogens (tertiary/aromatic N) is 3. The summed E-state index contributed by atoms with van der Waals surface area (Å²) >= 11 is 0. The van der Waals surface area contributed by atoms with Gasteiger partial charge in [0.1, 0.15) is 5.69 Å². The summed E-state index contributed by atoms with van der Waals surface area (Å²) in [7, 11) is 1.32. The number of methoxy groups -OCH3 is 1. The molecular weight excluding hydrogens is 262 g/mol. The third kappa shape index (κ3) is 3.27. The fourth-order valence-corrected chi connectivity index (χ4v) is 2.19. The zero-order valence-electron chi connectivity index (χ0n) is 11.4. The van der Waals surface area contributed by atoms with Crippen molar-refractivity contribution in [3.8, 4) is 0 Å². The van der Waals surface area contributed by atoms with E-state index in [0.29, 0.717) is 38.3 Å². The summed E-state index contributed by atoms with van der Waals surface area (Å²) in [6, 6.07) is -0.0717. The Morgan fingerprint density at radius 3 is 3.10 bits per heavy atom. The van der Waals surface area contributed by atoms with Crippen molar-refractivity contribution < 1.29 is 14.3 Å². The number of hydrogen-bond donors (Lipinski definition) is 2. The molecule has 20 heavy (non-hydrogen) atoms. The standard InChI is InChI=1S/C12H19N5O3/c1-20-12(19)15-9-2-4-17(6-9)11(18)10-7-16(5-3-13)8-14-10/h7-9H,2-6,13H2,1H3,(H,15,19). The third-order valence-electron chi connectivity index (χ3n) is 3.22. The van der Waals surface area contributed by atoms with Crippen LogP contribution in [0.15, 0.2) is 12.5 Å². The first-order chi connectivity index (χ1) is 9.63. The van der Waals surface area contributed by atoms with Crippen molar-refractivity contribution >= 4 is 12.0 Å². The maximum atomic E-state index is 12.2. The van der Waals surface area contributed by atoms with E-state index in [2.05, 4.69) is 15.0 Å². The van der Waals surface area contributed by atoms with Gasteiger partial charge in [0.15, 0.2) is 0 Å². The highest BCUT2D eigenvalue weighted by molar-refractivity contribution is 5.92. The molecule has 110 valence electrons. The van der Waals surface area contributed by atoms with Gasteiger partial charge in [0.25, 0.3) is 5.91 Å². The molecule has 2 heterocycles. The molecule has 1 unspecified atom stereocenters. The predicted molar refractivity (Wildman–Crippen MR) is 71.1 cm³/mol. The van der Waals surface area contributed by atoms with E-state index < -0.39 is 6.09 Å². The number of amides is 2. The van der Waals surface area contributed by atoms with Crippen LogP contribution in [0.5, 0.6) is 0 Å². The molecule has 1 aromatic heterocycles. The van der Waals surface area contributed by atoms with Gasteiger partial charge in [0.05, 0.1) is 19.5 Å². The first-order valence-corrected chi connectivity index (χ1v) is 6.49. The van der Waals surface area contributed by atoms with Crippen LogP contribution in [0.4, 0.5) is 4.79 Å². The van der Waals surface area contributed by atoms with Crippen molar-refractivity contribution in [3.05, 3.63) is 18.2 Å². The van der Waals surface area contributed by atoms with E-state index >= 15 is 0 Å². The van der Waals surface area contributed by atoms with Gasteiger partial charge in [0.2, 0.25) is 0 Å². The number of carbonyl (C=O) groups is 2. The van der Waals surface area contributed by atoms with Gasteiger partial charge in [-0.05, 0) is 6.42 Å². The number of carbonyl (C=O) groups excluding carboxylic acids is 2. The fraction of sp³-hybridized carbons (Fsp3) is 0.583. The monoisotopic (exact) mass is 281 g/mol. The van der Waals surface area contributed by atoms with Crippen LogP contribution in [0.2, 0.25) is 0 Å². The summed E-state index contributed by atoms with van der Waals surface area (Å²) in [6.45, 7) is 2.19. The molecule has 2 rings (SSSR count). The highest BCUT2D eigenvalue weighted by Crippen LogP contribution is 2.13. The molecule has 0 saturated carbocycles. The average molecular weight is 281 g/mol. The largest absolute Gasteiger partial charge is 0.453 e. The van der Waals surface area contributed by atoms with Crippen molar-refractivity contribution in [1.82, 2.24) is 19.8 Å². The van der Waals surface area contributed by atoms with Gasteiger partial charge in [0, 0.05) is 32.4 Å². The smallest absolute Gasteiger partial charge is 0.407 e. The highest BCUT2D eigenvalue weighted by Gasteiger charge is 2.29. The molecule has 3 N–H and O–H groups in total. The van der Waals surface area contributed by atoms with Gasteiger partial charge in [-0.25, -0.2) is 9.78 Å². The summed E-state index contributed by atoms with van der Waals surface area (Å²) in [5.74, 6) is -0.130. The van der Waals surface area contributed by atoms with Gasteiger partial charge < -0.3 is 25.3 Å². The molecule has 1 atom stereocenters. The SMILES string of the molecule is COC(=O)NC1CCN(C(=O)c2cn(CCN)cn2)C1. The summed E-state index contributed by atoms with van der Waals surface area (Å²) in [5, 5.41) is 2.69. The molecule has 8 heteroatoms. The molecule has 0 aromatic carbocycles. The predicted octanol–water partition coefficient (Wildman–Crippen LogP) is -0.588. The maximum absolute atomic E-state index is 12.2. The van der Waals surface area contributed by atoms with Crippen molar-refractivity contribution in [2.24, 2.45) is 5.73 Å². The van der Waals surface area contributed by atoms with Crippen LogP contribution in [0, 0.1) is 0 Å². The van der Waals surface area contributed by atoms with Crippen LogP contribution >= 0.6 is 0 Å². The number of nitrogens with two attached hydrogens (primary N) is 1. The lowest BCUT2D eigenvalue weighted by molar-refractivity contribution is 0.0782. The van der Waals surface area contributed by atoms with E-state index in [1.807, 2.05) is 0 Å². The molecule has 1 fully saturated rings. The molecule has 1 saturated heterocycles. The lowest BCUT2D eigenvalue weighted by Crippen LogP contribution is -2.38. The average Bonchev–Trinajstić information content (AvgIpc) is 3.08. The number of rotatable bonds is 4. The number of imidazole rings is 1. The Morgan fingerprint density at radius 2 is 2.40 bits per heavy atom. The topological polar surface area (TPSA) is 102 Å². The molecule has 1 aromatic rings. The number of aromatic nitrogens is 2. The highest BCUT2D eigenvalue weighted by atomic mass is 16.5. The quantitative estimate of drug-likeness (QED) is 0.768. The molecule has 0 bridgehead atoms. The van der Waals surface area contributed by atoms with Gasteiger partial charge in [-0.1, -0.05) is 0 Å². The molecule has 0 aliphatic carbocycles. The normalized spacial score (nSPS) is 18.1. The van der Waals surface area contributed by atoms with Crippen molar-refractivity contribution in [2.45, 2.75) is 19.0 Å². The first kappa shape index (κ1) is 14.3. The van der Waals surface area contributed by atoms with Crippen LogP contribution in [0.3, 0.4) is 0 Å². The Hall–Kier alpha value is -2.09. The summed E-state index contributed by atoms with van der Waals surface area (Å²) in [4.78, 5) is 29.1. The number of likely N-dealkylation sites (tertiary alicyclic amines) is 1. The lowest BCUT2D eigenvalue weighted by atomic mass is 10.3. The minimum atomic E-state index is -0.475. The molecule has 1 aliphatic rings. The Labute approximate surface area is 116 Å². The van der Waals surface area contributed by atoms with E-state index in [1.165, 1.54) is 7.11 Å². The van der Waals surface area contributed by atoms with Crippen LogP contribution in [-0.2, 0) is 11.3 Å². The number of ether oxygens (including phenoxy) is 1. The molecular formula is C12H19N5O3. The molecule has 2 amide bonds. The van der Waals surface area contributed by atoms with Crippen LogP contribution < -0.4 is 11.1 Å². The molecule has 8 nitrogen and oxygen atoms in total. The zero-order chi connectivity index (χ0) is 14.5. The molecule has 0 radical (unpaired) electrons. The van der Waals surface area contributed by atoms with Crippen molar-refractivity contribution in [3.63, 3.8) is 0 Å². The van der Waals surface area contributed by atoms with Gasteiger partial charge in [-0.2, -0.15) is 0 Å². The summed E-state index contributed by atoms with van der Waals surface area (Å²) < 4.78 is 6.33. The Bertz CT molecular complexity index is 487. The van der Waals surface area contributed by atoms with Gasteiger partial charge in [-0.3, -0.25) is 4.79 Å². The second-order valence-electron chi connectivity index (χ2n) is 4.66. The number of hydrogen-bond acceptors (Lipinski definition) is 5. The van der Waals surface area contributed by atoms with Crippen molar-refractivity contribution in [2.75, 3.05) is 26.7 Å². The van der Waals surface area contributed by atoms with Crippen LogP contribution in [0.1, 0.15) is 16.9 Å². The zero-order valence-corrected chi connectivity index (χ0v) is 11.4. The third-order valence-corrected chi connectivity index (χ3v) is 3.22. The first-order valence-electron chi connectivity index (χ1n) is 6.49. The van der Waals surface area contributed by atoms with Crippen molar-refractivity contribution in [1.29, 1.82) is 0 Å². The van der Waals surface area contributed by atoms with E-state index in [4.69, 9.17) is 5.73 Å². The lowest BCUT2D eigenvalue weighted by Gasteiger charge is -2.15. The number of alkyl carbamates (subject to hydrolysis) is 1. The summed E-state index contributed by atoms with van der Waals surface area (Å²) in [6.07, 6.45) is 3.53. The number of nitrogens with one attached hydrogen (secondary N) is 1. The van der Waals surface area contributed by atoms with E-state index in [1.54, 1.807) is 22.0 Å². The second-order valence-corrected chi connectivity index (χ2v) is 4.66.